The van der Waals surface area contributed by atoms with E-state index in [4.69, 9.17) is 4.74 Å². The van der Waals surface area contributed by atoms with Gasteiger partial charge in [0.2, 0.25) is 5.91 Å². The number of hydrogen-bond acceptors (Lipinski definition) is 3. The Hall–Kier alpha value is -2.88. The fourth-order valence-electron chi connectivity index (χ4n) is 3.18. The molecule has 2 aromatic rings. The monoisotopic (exact) mass is 377 g/mol. The van der Waals surface area contributed by atoms with Crippen LogP contribution >= 0.6 is 0 Å². The van der Waals surface area contributed by atoms with Crippen LogP contribution in [0.5, 0.6) is 5.75 Å². The summed E-state index contributed by atoms with van der Waals surface area (Å²) in [6.07, 6.45) is 3.59. The summed E-state index contributed by atoms with van der Waals surface area (Å²) in [4.78, 5) is 24.6. The molecule has 1 heterocycles. The van der Waals surface area contributed by atoms with E-state index in [1.54, 1.807) is 24.3 Å². The van der Waals surface area contributed by atoms with Crippen molar-refractivity contribution in [3.63, 3.8) is 0 Å². The first-order valence-electron chi connectivity index (χ1n) is 9.49. The summed E-state index contributed by atoms with van der Waals surface area (Å²) in [7, 11) is 0. The van der Waals surface area contributed by atoms with E-state index >= 15 is 0 Å². The summed E-state index contributed by atoms with van der Waals surface area (Å²) in [5.74, 6) is 0.343. The van der Waals surface area contributed by atoms with Gasteiger partial charge in [0.1, 0.15) is 11.4 Å². The van der Waals surface area contributed by atoms with Crippen molar-refractivity contribution in [3.8, 4) is 5.75 Å². The van der Waals surface area contributed by atoms with E-state index in [2.05, 4.69) is 38.2 Å². The van der Waals surface area contributed by atoms with Crippen LogP contribution in [-0.2, 0) is 10.2 Å². The second-order valence-corrected chi connectivity index (χ2v) is 8.87. The average molecular weight is 377 g/mol. The van der Waals surface area contributed by atoms with Crippen molar-refractivity contribution in [3.05, 3.63) is 65.2 Å². The lowest BCUT2D eigenvalue weighted by Gasteiger charge is -2.31. The molecule has 1 aliphatic rings. The molecule has 3 rings (SSSR count). The maximum Gasteiger partial charge on any atom is 0.248 e. The van der Waals surface area contributed by atoms with Gasteiger partial charge in [0.15, 0.2) is 5.78 Å². The zero-order chi connectivity index (χ0) is 20.5. The van der Waals surface area contributed by atoms with Gasteiger partial charge in [0.25, 0.3) is 0 Å². The van der Waals surface area contributed by atoms with Crippen LogP contribution < -0.4 is 10.1 Å². The van der Waals surface area contributed by atoms with Crippen molar-refractivity contribution in [2.24, 2.45) is 0 Å². The Morgan fingerprint density at radius 2 is 1.79 bits per heavy atom. The van der Waals surface area contributed by atoms with Gasteiger partial charge in [-0.25, -0.2) is 0 Å². The number of Topliss-reactive ketones (excluding diaryl/α,β-unsaturated/α-hetero) is 1. The van der Waals surface area contributed by atoms with Gasteiger partial charge in [-0.2, -0.15) is 0 Å². The Labute approximate surface area is 166 Å². The lowest BCUT2D eigenvalue weighted by Crippen LogP contribution is -2.35. The Kier molecular flexibility index (Phi) is 5.16. The third-order valence-corrected chi connectivity index (χ3v) is 4.72. The number of carbonyl (C=O) groups is 2. The molecule has 0 atom stereocenters. The number of hydrogen-bond donors (Lipinski definition) is 1. The smallest absolute Gasteiger partial charge is 0.248 e. The number of anilines is 1. The van der Waals surface area contributed by atoms with Crippen molar-refractivity contribution in [2.45, 2.75) is 52.1 Å². The zero-order valence-electron chi connectivity index (χ0n) is 17.1. The van der Waals surface area contributed by atoms with Gasteiger partial charge < -0.3 is 10.1 Å². The molecule has 2 aromatic carbocycles. The minimum absolute atomic E-state index is 0.0248. The van der Waals surface area contributed by atoms with E-state index in [9.17, 15) is 9.59 Å². The molecule has 1 amide bonds. The molecule has 1 N–H and O–H groups in total. The highest BCUT2D eigenvalue weighted by molar-refractivity contribution is 6.04. The average Bonchev–Trinajstić information content (AvgIpc) is 2.59. The highest BCUT2D eigenvalue weighted by Crippen LogP contribution is 2.34. The molecule has 0 unspecified atom stereocenters. The van der Waals surface area contributed by atoms with E-state index in [-0.39, 0.29) is 17.1 Å². The van der Waals surface area contributed by atoms with Gasteiger partial charge in [-0.1, -0.05) is 45.0 Å². The molecule has 0 spiro atoms. The number of amides is 1. The Balaban J connectivity index is 1.68. The Morgan fingerprint density at radius 1 is 1.11 bits per heavy atom. The first-order valence-corrected chi connectivity index (χ1v) is 9.49. The van der Waals surface area contributed by atoms with Gasteiger partial charge >= 0.3 is 0 Å². The molecule has 0 aliphatic carbocycles. The number of carbonyl (C=O) groups excluding carboxylic acids is 2. The van der Waals surface area contributed by atoms with Crippen molar-refractivity contribution in [1.82, 2.24) is 0 Å². The highest BCUT2D eigenvalue weighted by atomic mass is 16.5. The molecule has 4 nitrogen and oxygen atoms in total. The molecule has 0 fully saturated rings. The summed E-state index contributed by atoms with van der Waals surface area (Å²) in [6, 6.07) is 13.3. The van der Waals surface area contributed by atoms with Gasteiger partial charge in [-0.3, -0.25) is 9.59 Å². The second-order valence-electron chi connectivity index (χ2n) is 8.87. The third-order valence-electron chi connectivity index (χ3n) is 4.72. The molecule has 146 valence electrons. The van der Waals surface area contributed by atoms with Gasteiger partial charge in [-0.05, 0) is 54.7 Å². The molecule has 0 saturated carbocycles. The number of benzene rings is 2. The van der Waals surface area contributed by atoms with Crippen molar-refractivity contribution < 1.29 is 14.3 Å². The Bertz CT molecular complexity index is 931. The second kappa shape index (κ2) is 7.27. The molecule has 0 saturated heterocycles. The van der Waals surface area contributed by atoms with Crippen molar-refractivity contribution >= 4 is 23.5 Å². The lowest BCUT2D eigenvalue weighted by atomic mass is 9.87. The summed E-state index contributed by atoms with van der Waals surface area (Å²) in [5, 5.41) is 2.81. The highest BCUT2D eigenvalue weighted by Gasteiger charge is 2.32. The number of rotatable bonds is 3. The molecular formula is C24H27NO3. The summed E-state index contributed by atoms with van der Waals surface area (Å²) >= 11 is 0. The van der Waals surface area contributed by atoms with E-state index in [1.807, 2.05) is 26.0 Å². The molecule has 0 bridgehead atoms. The first-order chi connectivity index (χ1) is 13.0. The number of nitrogens with one attached hydrogen (secondary N) is 1. The predicted molar refractivity (Wildman–Crippen MR) is 113 cm³/mol. The predicted octanol–water partition coefficient (Wildman–Crippen LogP) is 5.38. The number of ether oxygens (including phenoxy) is 1. The zero-order valence-corrected chi connectivity index (χ0v) is 17.1. The van der Waals surface area contributed by atoms with Crippen LogP contribution in [0.1, 0.15) is 62.5 Å². The topological polar surface area (TPSA) is 55.4 Å². The minimum Gasteiger partial charge on any atom is -0.487 e. The van der Waals surface area contributed by atoms with Crippen LogP contribution in [0.4, 0.5) is 5.69 Å². The van der Waals surface area contributed by atoms with Crippen molar-refractivity contribution in [2.75, 3.05) is 5.32 Å². The molecule has 0 aromatic heterocycles. The standard InChI is InChI=1S/C24H27NO3/c1-23(2,3)17-9-6-16(7-10-17)8-13-22(27)25-18-11-12-21-19(14-18)20(26)15-24(4,5)28-21/h6-14H,15H2,1-5H3,(H,25,27)/b13-8+. The normalized spacial score (nSPS) is 15.8. The van der Waals surface area contributed by atoms with Gasteiger partial charge in [0.05, 0.1) is 12.0 Å². The maximum absolute atomic E-state index is 12.3. The minimum atomic E-state index is -0.500. The van der Waals surface area contributed by atoms with Gasteiger partial charge in [-0.15, -0.1) is 0 Å². The molecule has 1 aliphatic heterocycles. The summed E-state index contributed by atoms with van der Waals surface area (Å²) in [6.45, 7) is 10.3. The largest absolute Gasteiger partial charge is 0.487 e. The first kappa shape index (κ1) is 19.9. The molecule has 4 heteroatoms. The van der Waals surface area contributed by atoms with E-state index in [1.165, 1.54) is 11.6 Å². The summed E-state index contributed by atoms with van der Waals surface area (Å²) in [5.41, 5.74) is 2.90. The van der Waals surface area contributed by atoms with E-state index in [0.29, 0.717) is 23.4 Å². The van der Waals surface area contributed by atoms with Crippen LogP contribution in [0, 0.1) is 0 Å². The fourth-order valence-corrected chi connectivity index (χ4v) is 3.18. The molecular weight excluding hydrogens is 350 g/mol. The van der Waals surface area contributed by atoms with Crippen LogP contribution in [0.3, 0.4) is 0 Å². The number of ketones is 1. The van der Waals surface area contributed by atoms with Crippen LogP contribution in [0.25, 0.3) is 6.08 Å². The maximum atomic E-state index is 12.3. The van der Waals surface area contributed by atoms with Crippen LogP contribution in [0.2, 0.25) is 0 Å². The lowest BCUT2D eigenvalue weighted by molar-refractivity contribution is -0.111. The molecule has 0 radical (unpaired) electrons. The van der Waals surface area contributed by atoms with Crippen LogP contribution in [-0.4, -0.2) is 17.3 Å². The molecule has 28 heavy (non-hydrogen) atoms. The Morgan fingerprint density at radius 3 is 2.43 bits per heavy atom. The SMILES string of the molecule is CC1(C)CC(=O)c2cc(NC(=O)/C=C/c3ccc(C(C)(C)C)cc3)ccc2O1. The third kappa shape index (κ3) is 4.69. The van der Waals surface area contributed by atoms with E-state index < -0.39 is 5.60 Å². The summed E-state index contributed by atoms with van der Waals surface area (Å²) < 4.78 is 5.84. The van der Waals surface area contributed by atoms with Crippen molar-refractivity contribution in [1.29, 1.82) is 0 Å². The quantitative estimate of drug-likeness (QED) is 0.731. The van der Waals surface area contributed by atoms with E-state index in [0.717, 1.165) is 5.56 Å². The van der Waals surface area contributed by atoms with Crippen LogP contribution in [0.15, 0.2) is 48.5 Å². The van der Waals surface area contributed by atoms with Gasteiger partial charge in [0, 0.05) is 11.8 Å². The number of fused-ring (bicyclic) bond motifs is 1. The fraction of sp³-hybridized carbons (Fsp3) is 0.333.